The second-order valence-electron chi connectivity index (χ2n) is 3.54. The Morgan fingerprint density at radius 2 is 1.94 bits per heavy atom. The number of amides is 1. The third-order valence-electron chi connectivity index (χ3n) is 2.20. The second-order valence-corrected chi connectivity index (χ2v) is 3.97. The number of hydrogen-bond donors (Lipinski definition) is 1. The van der Waals surface area contributed by atoms with Crippen molar-refractivity contribution in [3.8, 4) is 6.07 Å². The van der Waals surface area contributed by atoms with Gasteiger partial charge in [-0.25, -0.2) is 0 Å². The SMILES string of the molecule is N#CCCN(CC(=O)O)C(=O)c1ccc(Cl)cc1. The van der Waals surface area contributed by atoms with Crippen LogP contribution in [0.5, 0.6) is 0 Å². The van der Waals surface area contributed by atoms with Crippen LogP contribution in [0.15, 0.2) is 24.3 Å². The molecular weight excluding hydrogens is 256 g/mol. The van der Waals surface area contributed by atoms with Crippen molar-refractivity contribution in [1.82, 2.24) is 4.90 Å². The Kier molecular flexibility index (Phi) is 5.15. The van der Waals surface area contributed by atoms with Gasteiger partial charge in [-0.05, 0) is 24.3 Å². The number of carbonyl (C=O) groups is 2. The maximum Gasteiger partial charge on any atom is 0.323 e. The average Bonchev–Trinajstić information content (AvgIpc) is 2.34. The van der Waals surface area contributed by atoms with Crippen molar-refractivity contribution >= 4 is 23.5 Å². The fourth-order valence-corrected chi connectivity index (χ4v) is 1.50. The Hall–Kier alpha value is -2.06. The van der Waals surface area contributed by atoms with Crippen molar-refractivity contribution in [2.24, 2.45) is 0 Å². The molecule has 0 aliphatic rings. The van der Waals surface area contributed by atoms with E-state index in [-0.39, 0.29) is 13.0 Å². The van der Waals surface area contributed by atoms with Gasteiger partial charge in [-0.15, -0.1) is 0 Å². The molecule has 1 N–H and O–H groups in total. The molecule has 1 amide bonds. The van der Waals surface area contributed by atoms with Gasteiger partial charge >= 0.3 is 5.97 Å². The molecule has 0 bridgehead atoms. The molecule has 1 aromatic rings. The molecule has 0 spiro atoms. The van der Waals surface area contributed by atoms with Crippen LogP contribution >= 0.6 is 11.6 Å². The highest BCUT2D eigenvalue weighted by atomic mass is 35.5. The van der Waals surface area contributed by atoms with Gasteiger partial charge in [0.05, 0.1) is 12.5 Å². The van der Waals surface area contributed by atoms with E-state index in [1.54, 1.807) is 12.1 Å². The number of benzene rings is 1. The molecule has 94 valence electrons. The first-order chi connectivity index (χ1) is 8.54. The predicted octanol–water partition coefficient (Wildman–Crippen LogP) is 1.78. The van der Waals surface area contributed by atoms with Gasteiger partial charge in [-0.1, -0.05) is 11.6 Å². The maximum atomic E-state index is 12.0. The highest BCUT2D eigenvalue weighted by molar-refractivity contribution is 6.30. The zero-order valence-corrected chi connectivity index (χ0v) is 10.2. The van der Waals surface area contributed by atoms with E-state index in [1.165, 1.54) is 12.1 Å². The first kappa shape index (κ1) is 14.0. The number of carbonyl (C=O) groups excluding carboxylic acids is 1. The summed E-state index contributed by atoms with van der Waals surface area (Å²) in [5.41, 5.74) is 0.346. The van der Waals surface area contributed by atoms with Crippen LogP contribution in [0.4, 0.5) is 0 Å². The van der Waals surface area contributed by atoms with Crippen molar-refractivity contribution < 1.29 is 14.7 Å². The number of rotatable bonds is 5. The van der Waals surface area contributed by atoms with Gasteiger partial charge in [0, 0.05) is 17.1 Å². The minimum atomic E-state index is -1.12. The number of carboxylic acids is 1. The van der Waals surface area contributed by atoms with Gasteiger partial charge in [0.15, 0.2) is 0 Å². The van der Waals surface area contributed by atoms with E-state index in [0.29, 0.717) is 10.6 Å². The van der Waals surface area contributed by atoms with Crippen molar-refractivity contribution in [2.75, 3.05) is 13.1 Å². The van der Waals surface area contributed by atoms with E-state index in [9.17, 15) is 9.59 Å². The summed E-state index contributed by atoms with van der Waals surface area (Å²) in [6, 6.07) is 8.03. The molecule has 0 saturated carbocycles. The fraction of sp³-hybridized carbons (Fsp3) is 0.250. The highest BCUT2D eigenvalue weighted by Crippen LogP contribution is 2.11. The summed E-state index contributed by atoms with van der Waals surface area (Å²) in [6.45, 7) is -0.340. The molecule has 5 nitrogen and oxygen atoms in total. The largest absolute Gasteiger partial charge is 0.480 e. The molecule has 0 unspecified atom stereocenters. The van der Waals surface area contributed by atoms with Crippen LogP contribution < -0.4 is 0 Å². The molecule has 0 aliphatic heterocycles. The van der Waals surface area contributed by atoms with E-state index in [1.807, 2.05) is 6.07 Å². The van der Waals surface area contributed by atoms with Gasteiger partial charge in [0.1, 0.15) is 6.54 Å². The number of hydrogen-bond acceptors (Lipinski definition) is 3. The summed E-state index contributed by atoms with van der Waals surface area (Å²) in [5, 5.41) is 17.7. The number of nitrogens with zero attached hydrogens (tertiary/aromatic N) is 2. The normalized spacial score (nSPS) is 9.56. The van der Waals surface area contributed by atoms with Crippen LogP contribution in [0.2, 0.25) is 5.02 Å². The molecule has 0 aliphatic carbocycles. The minimum Gasteiger partial charge on any atom is -0.480 e. The lowest BCUT2D eigenvalue weighted by Crippen LogP contribution is -2.36. The average molecular weight is 267 g/mol. The number of halogens is 1. The Morgan fingerprint density at radius 3 is 2.44 bits per heavy atom. The second kappa shape index (κ2) is 6.62. The van der Waals surface area contributed by atoms with Gasteiger partial charge in [-0.3, -0.25) is 9.59 Å². The Balaban J connectivity index is 2.84. The minimum absolute atomic E-state index is 0.0876. The van der Waals surface area contributed by atoms with Crippen molar-refractivity contribution in [3.05, 3.63) is 34.9 Å². The first-order valence-electron chi connectivity index (χ1n) is 5.18. The van der Waals surface area contributed by atoms with Crippen LogP contribution in [-0.4, -0.2) is 35.0 Å². The van der Waals surface area contributed by atoms with Crippen molar-refractivity contribution in [1.29, 1.82) is 5.26 Å². The van der Waals surface area contributed by atoms with Gasteiger partial charge in [0.2, 0.25) is 0 Å². The molecule has 0 saturated heterocycles. The van der Waals surface area contributed by atoms with Gasteiger partial charge < -0.3 is 10.0 Å². The summed E-state index contributed by atoms with van der Waals surface area (Å²) >= 11 is 5.70. The molecule has 0 fully saturated rings. The lowest BCUT2D eigenvalue weighted by Gasteiger charge is -2.19. The number of nitriles is 1. The molecule has 0 heterocycles. The monoisotopic (exact) mass is 266 g/mol. The quantitative estimate of drug-likeness (QED) is 0.881. The maximum absolute atomic E-state index is 12.0. The van der Waals surface area contributed by atoms with Crippen LogP contribution in [-0.2, 0) is 4.79 Å². The Labute approximate surface area is 109 Å². The molecule has 0 aromatic heterocycles. The zero-order chi connectivity index (χ0) is 13.5. The van der Waals surface area contributed by atoms with Crippen LogP contribution in [0, 0.1) is 11.3 Å². The lowest BCUT2D eigenvalue weighted by atomic mass is 10.2. The van der Waals surface area contributed by atoms with Crippen molar-refractivity contribution in [2.45, 2.75) is 6.42 Å². The highest BCUT2D eigenvalue weighted by Gasteiger charge is 2.17. The third kappa shape index (κ3) is 4.07. The van der Waals surface area contributed by atoms with Crippen LogP contribution in [0.3, 0.4) is 0 Å². The number of aliphatic carboxylic acids is 1. The molecule has 1 rings (SSSR count). The van der Waals surface area contributed by atoms with Gasteiger partial charge in [-0.2, -0.15) is 5.26 Å². The molecule has 0 radical (unpaired) electrons. The fourth-order valence-electron chi connectivity index (χ4n) is 1.38. The lowest BCUT2D eigenvalue weighted by molar-refractivity contribution is -0.137. The van der Waals surface area contributed by atoms with Gasteiger partial charge in [0.25, 0.3) is 5.91 Å². The smallest absolute Gasteiger partial charge is 0.323 e. The predicted molar refractivity (Wildman–Crippen MR) is 65.2 cm³/mol. The zero-order valence-electron chi connectivity index (χ0n) is 9.47. The summed E-state index contributed by atoms with van der Waals surface area (Å²) in [6.07, 6.45) is 0.0899. The topological polar surface area (TPSA) is 81.4 Å². The Bertz CT molecular complexity index is 479. The number of carboxylic acid groups (broad SMARTS) is 1. The standard InChI is InChI=1S/C12H11ClN2O3/c13-10-4-2-9(3-5-10)12(18)15(7-1-6-14)8-11(16)17/h2-5H,1,7-8H2,(H,16,17). The summed E-state index contributed by atoms with van der Waals surface area (Å²) in [4.78, 5) is 23.8. The molecular formula is C12H11ClN2O3. The third-order valence-corrected chi connectivity index (χ3v) is 2.45. The summed E-state index contributed by atoms with van der Waals surface area (Å²) < 4.78 is 0. The Morgan fingerprint density at radius 1 is 1.33 bits per heavy atom. The van der Waals surface area contributed by atoms with E-state index in [2.05, 4.69) is 0 Å². The van der Waals surface area contributed by atoms with Crippen LogP contribution in [0.25, 0.3) is 0 Å². The van der Waals surface area contributed by atoms with E-state index >= 15 is 0 Å². The van der Waals surface area contributed by atoms with E-state index in [4.69, 9.17) is 22.0 Å². The van der Waals surface area contributed by atoms with E-state index < -0.39 is 18.4 Å². The molecule has 18 heavy (non-hydrogen) atoms. The van der Waals surface area contributed by atoms with Crippen LogP contribution in [0.1, 0.15) is 16.8 Å². The van der Waals surface area contributed by atoms with E-state index in [0.717, 1.165) is 4.90 Å². The summed E-state index contributed by atoms with van der Waals surface area (Å²) in [7, 11) is 0. The first-order valence-corrected chi connectivity index (χ1v) is 5.56. The molecule has 1 aromatic carbocycles. The van der Waals surface area contributed by atoms with Crippen molar-refractivity contribution in [3.63, 3.8) is 0 Å². The summed E-state index contributed by atoms with van der Waals surface area (Å²) in [5.74, 6) is -1.54. The molecule has 0 atom stereocenters. The molecule has 6 heteroatoms.